The fourth-order valence-electron chi connectivity index (χ4n) is 0.874. The van der Waals surface area contributed by atoms with Gasteiger partial charge in [-0.2, -0.15) is 0 Å². The molecule has 0 fully saturated rings. The van der Waals surface area contributed by atoms with Gasteiger partial charge in [-0.3, -0.25) is 10.1 Å². The van der Waals surface area contributed by atoms with Crippen molar-refractivity contribution < 1.29 is 4.79 Å². The zero-order valence-electron chi connectivity index (χ0n) is 8.43. The van der Waals surface area contributed by atoms with Gasteiger partial charge in [0.05, 0.1) is 5.54 Å². The molecule has 3 N–H and O–H groups in total. The lowest BCUT2D eigenvalue weighted by molar-refractivity contribution is -0.123. The fraction of sp³-hybridized carbons (Fsp3) is 0.444. The molecule has 0 aliphatic rings. The number of rotatable bonds is 4. The van der Waals surface area contributed by atoms with Crippen LogP contribution >= 0.6 is 38.9 Å². The molecule has 1 aromatic rings. The molecular formula is C9H12BrClN2OS. The van der Waals surface area contributed by atoms with Crippen LogP contribution < -0.4 is 11.1 Å². The highest BCUT2D eigenvalue weighted by Crippen LogP contribution is 2.31. The molecule has 3 nitrogen and oxygen atoms in total. The first-order valence-corrected chi connectivity index (χ1v) is 6.30. The van der Waals surface area contributed by atoms with Crippen molar-refractivity contribution in [3.05, 3.63) is 19.8 Å². The molecule has 1 rings (SSSR count). The summed E-state index contributed by atoms with van der Waals surface area (Å²) in [6, 6.07) is 1.93. The SMILES string of the molecule is CC(C)(NCc1cc(Br)c(Cl)s1)C(N)=O. The van der Waals surface area contributed by atoms with Crippen molar-refractivity contribution in [3.63, 3.8) is 0 Å². The molecule has 1 amide bonds. The average molecular weight is 312 g/mol. The van der Waals surface area contributed by atoms with Gasteiger partial charge in [-0.1, -0.05) is 11.6 Å². The van der Waals surface area contributed by atoms with Crippen LogP contribution in [-0.4, -0.2) is 11.4 Å². The van der Waals surface area contributed by atoms with Crippen molar-refractivity contribution in [1.82, 2.24) is 5.32 Å². The Morgan fingerprint density at radius 2 is 2.33 bits per heavy atom. The Kier molecular flexibility index (Phi) is 4.17. The van der Waals surface area contributed by atoms with E-state index in [9.17, 15) is 4.79 Å². The molecule has 0 bridgehead atoms. The minimum atomic E-state index is -0.705. The maximum Gasteiger partial charge on any atom is 0.237 e. The van der Waals surface area contributed by atoms with E-state index in [0.29, 0.717) is 10.9 Å². The number of thiophene rings is 1. The summed E-state index contributed by atoms with van der Waals surface area (Å²) in [5.41, 5.74) is 4.53. The van der Waals surface area contributed by atoms with E-state index >= 15 is 0 Å². The topological polar surface area (TPSA) is 55.1 Å². The highest BCUT2D eigenvalue weighted by Gasteiger charge is 2.23. The Balaban J connectivity index is 2.61. The molecule has 0 aliphatic carbocycles. The lowest BCUT2D eigenvalue weighted by Crippen LogP contribution is -2.50. The summed E-state index contributed by atoms with van der Waals surface area (Å²) in [6.45, 7) is 4.07. The predicted molar refractivity (Wildman–Crippen MR) is 67.1 cm³/mol. The Morgan fingerprint density at radius 3 is 2.73 bits per heavy atom. The van der Waals surface area contributed by atoms with E-state index in [2.05, 4.69) is 21.2 Å². The molecule has 0 saturated carbocycles. The first kappa shape index (κ1) is 13.0. The maximum atomic E-state index is 11.0. The van der Waals surface area contributed by atoms with Gasteiger partial charge in [0.1, 0.15) is 4.34 Å². The van der Waals surface area contributed by atoms with Gasteiger partial charge in [0, 0.05) is 15.9 Å². The molecular weight excluding hydrogens is 300 g/mol. The van der Waals surface area contributed by atoms with Crippen molar-refractivity contribution in [2.45, 2.75) is 25.9 Å². The van der Waals surface area contributed by atoms with Crippen LogP contribution in [-0.2, 0) is 11.3 Å². The van der Waals surface area contributed by atoms with Crippen LogP contribution in [0, 0.1) is 0 Å². The zero-order chi connectivity index (χ0) is 11.6. The first-order valence-electron chi connectivity index (χ1n) is 4.31. The van der Waals surface area contributed by atoms with E-state index in [1.807, 2.05) is 6.07 Å². The van der Waals surface area contributed by atoms with E-state index < -0.39 is 5.54 Å². The third kappa shape index (κ3) is 3.45. The lowest BCUT2D eigenvalue weighted by atomic mass is 10.1. The molecule has 0 aromatic carbocycles. The largest absolute Gasteiger partial charge is 0.368 e. The van der Waals surface area contributed by atoms with Crippen molar-refractivity contribution in [3.8, 4) is 0 Å². The monoisotopic (exact) mass is 310 g/mol. The average Bonchev–Trinajstić information content (AvgIpc) is 2.43. The minimum absolute atomic E-state index is 0.371. The van der Waals surface area contributed by atoms with Gasteiger partial charge >= 0.3 is 0 Å². The molecule has 84 valence electrons. The third-order valence-electron chi connectivity index (χ3n) is 2.02. The van der Waals surface area contributed by atoms with Crippen LogP contribution in [0.25, 0.3) is 0 Å². The molecule has 0 spiro atoms. The van der Waals surface area contributed by atoms with Gasteiger partial charge in [0.25, 0.3) is 0 Å². The molecule has 1 aromatic heterocycles. The second-order valence-corrected chi connectivity index (χ2v) is 6.27. The Bertz CT molecular complexity index is 359. The number of nitrogens with one attached hydrogen (secondary N) is 1. The number of primary amides is 1. The van der Waals surface area contributed by atoms with Gasteiger partial charge < -0.3 is 5.73 Å². The number of carbonyl (C=O) groups excluding carboxylic acids is 1. The summed E-state index contributed by atoms with van der Waals surface area (Å²) in [5.74, 6) is -0.371. The summed E-state index contributed by atoms with van der Waals surface area (Å²) in [6.07, 6.45) is 0. The van der Waals surface area contributed by atoms with Crippen LogP contribution in [0.1, 0.15) is 18.7 Å². The van der Waals surface area contributed by atoms with Gasteiger partial charge in [-0.05, 0) is 35.8 Å². The number of hydrogen-bond donors (Lipinski definition) is 2. The van der Waals surface area contributed by atoms with Gasteiger partial charge in [-0.15, -0.1) is 11.3 Å². The molecule has 0 atom stereocenters. The third-order valence-corrected chi connectivity index (χ3v) is 4.49. The van der Waals surface area contributed by atoms with E-state index in [1.54, 1.807) is 13.8 Å². The van der Waals surface area contributed by atoms with Crippen LogP contribution in [0.2, 0.25) is 4.34 Å². The normalized spacial score (nSPS) is 11.7. The molecule has 15 heavy (non-hydrogen) atoms. The second-order valence-electron chi connectivity index (χ2n) is 3.68. The number of hydrogen-bond acceptors (Lipinski definition) is 3. The highest BCUT2D eigenvalue weighted by atomic mass is 79.9. The van der Waals surface area contributed by atoms with Crippen molar-refractivity contribution >= 4 is 44.8 Å². The summed E-state index contributed by atoms with van der Waals surface area (Å²) in [4.78, 5) is 12.1. The Labute approximate surface area is 106 Å². The van der Waals surface area contributed by atoms with E-state index in [-0.39, 0.29) is 5.91 Å². The molecule has 0 saturated heterocycles. The number of amides is 1. The van der Waals surface area contributed by atoms with Crippen molar-refractivity contribution in [1.29, 1.82) is 0 Å². The summed E-state index contributed by atoms with van der Waals surface area (Å²) in [7, 11) is 0. The zero-order valence-corrected chi connectivity index (χ0v) is 11.6. The Morgan fingerprint density at radius 1 is 1.73 bits per heavy atom. The maximum absolute atomic E-state index is 11.0. The minimum Gasteiger partial charge on any atom is -0.368 e. The summed E-state index contributed by atoms with van der Waals surface area (Å²) < 4.78 is 1.59. The standard InChI is InChI=1S/C9H12BrClN2OS/c1-9(2,8(12)14)13-4-5-3-6(10)7(11)15-5/h3,13H,4H2,1-2H3,(H2,12,14). The first-order chi connectivity index (χ1) is 6.83. The van der Waals surface area contributed by atoms with Crippen LogP contribution in [0.5, 0.6) is 0 Å². The van der Waals surface area contributed by atoms with Gasteiger partial charge in [0.2, 0.25) is 5.91 Å². The van der Waals surface area contributed by atoms with Crippen molar-refractivity contribution in [2.24, 2.45) is 5.73 Å². The van der Waals surface area contributed by atoms with Gasteiger partial charge in [0.15, 0.2) is 0 Å². The van der Waals surface area contributed by atoms with Gasteiger partial charge in [-0.25, -0.2) is 0 Å². The Hall–Kier alpha value is -0.100. The molecule has 0 aliphatic heterocycles. The molecule has 0 radical (unpaired) electrons. The molecule has 0 unspecified atom stereocenters. The van der Waals surface area contributed by atoms with E-state index in [0.717, 1.165) is 9.35 Å². The van der Waals surface area contributed by atoms with E-state index in [1.165, 1.54) is 11.3 Å². The van der Waals surface area contributed by atoms with E-state index in [4.69, 9.17) is 17.3 Å². The quantitative estimate of drug-likeness (QED) is 0.898. The number of halogens is 2. The van der Waals surface area contributed by atoms with Crippen LogP contribution in [0.15, 0.2) is 10.5 Å². The fourth-order valence-corrected chi connectivity index (χ4v) is 2.60. The number of carbonyl (C=O) groups is 1. The highest BCUT2D eigenvalue weighted by molar-refractivity contribution is 9.10. The smallest absolute Gasteiger partial charge is 0.237 e. The molecule has 1 heterocycles. The molecule has 6 heteroatoms. The van der Waals surface area contributed by atoms with Crippen LogP contribution in [0.4, 0.5) is 0 Å². The summed E-state index contributed by atoms with van der Waals surface area (Å²) in [5, 5.41) is 3.07. The predicted octanol–water partition coefficient (Wildman–Crippen LogP) is 2.52. The number of nitrogens with two attached hydrogens (primary N) is 1. The van der Waals surface area contributed by atoms with Crippen LogP contribution in [0.3, 0.4) is 0 Å². The lowest BCUT2D eigenvalue weighted by Gasteiger charge is -2.21. The second kappa shape index (κ2) is 4.82. The summed E-state index contributed by atoms with van der Waals surface area (Å²) >= 11 is 10.7. The van der Waals surface area contributed by atoms with Crippen molar-refractivity contribution in [2.75, 3.05) is 0 Å².